The third-order valence-electron chi connectivity index (χ3n) is 6.32. The van der Waals surface area contributed by atoms with Gasteiger partial charge in [0.25, 0.3) is 5.56 Å². The first-order chi connectivity index (χ1) is 14.8. The molecule has 2 aliphatic heterocycles. The summed E-state index contributed by atoms with van der Waals surface area (Å²) in [5.41, 5.74) is 7.77. The number of nitrogens with zero attached hydrogens (tertiary/aromatic N) is 3. The molecule has 0 N–H and O–H groups in total. The zero-order valence-electron chi connectivity index (χ0n) is 16.1. The van der Waals surface area contributed by atoms with E-state index in [4.69, 9.17) is 0 Å². The molecule has 30 heavy (non-hydrogen) atoms. The lowest BCUT2D eigenvalue weighted by Gasteiger charge is -2.34. The molecule has 5 heteroatoms. The van der Waals surface area contributed by atoms with Gasteiger partial charge >= 0.3 is 6.85 Å². The molecule has 1 aromatic heterocycles. The van der Waals surface area contributed by atoms with Crippen LogP contribution in [-0.2, 0) is 0 Å². The van der Waals surface area contributed by atoms with Crippen LogP contribution in [0.4, 0.5) is 17.1 Å². The van der Waals surface area contributed by atoms with Gasteiger partial charge in [-0.05, 0) is 47.9 Å². The molecule has 0 unspecified atom stereocenters. The Labute approximate surface area is 173 Å². The Morgan fingerprint density at radius 3 is 2.23 bits per heavy atom. The largest absolute Gasteiger partial charge is 0.357 e. The van der Waals surface area contributed by atoms with Crippen LogP contribution >= 0.6 is 0 Å². The molecule has 3 heterocycles. The quantitative estimate of drug-likeness (QED) is 0.405. The third-order valence-corrected chi connectivity index (χ3v) is 6.32. The molecule has 0 saturated heterocycles. The SMILES string of the molecule is O=c1c2ccccc2n2n1B1c3ccccc3N(c3ccccc3)c3cccc-2c31. The highest BCUT2D eigenvalue weighted by molar-refractivity contribution is 6.88. The van der Waals surface area contributed by atoms with Crippen molar-refractivity contribution in [3.63, 3.8) is 0 Å². The molecule has 4 nitrogen and oxygen atoms in total. The summed E-state index contributed by atoms with van der Waals surface area (Å²) in [6.45, 7) is -0.132. The summed E-state index contributed by atoms with van der Waals surface area (Å²) >= 11 is 0. The normalized spacial score (nSPS) is 13.3. The lowest BCUT2D eigenvalue weighted by atomic mass is 9.48. The first-order valence-corrected chi connectivity index (χ1v) is 10.1. The van der Waals surface area contributed by atoms with Gasteiger partial charge in [0.1, 0.15) is 0 Å². The number of rotatable bonds is 1. The van der Waals surface area contributed by atoms with Gasteiger partial charge in [0.05, 0.1) is 16.6 Å². The van der Waals surface area contributed by atoms with E-state index < -0.39 is 0 Å². The van der Waals surface area contributed by atoms with Crippen LogP contribution in [0.5, 0.6) is 0 Å². The highest BCUT2D eigenvalue weighted by Crippen LogP contribution is 2.38. The van der Waals surface area contributed by atoms with E-state index in [-0.39, 0.29) is 12.4 Å². The van der Waals surface area contributed by atoms with Crippen molar-refractivity contribution in [3.8, 4) is 5.69 Å². The number of aromatic nitrogens is 2. The molecule has 0 spiro atoms. The van der Waals surface area contributed by atoms with Crippen LogP contribution in [0.3, 0.4) is 0 Å². The lowest BCUT2D eigenvalue weighted by molar-refractivity contribution is 0.830. The van der Waals surface area contributed by atoms with Crippen LogP contribution in [0.15, 0.2) is 102 Å². The summed E-state index contributed by atoms with van der Waals surface area (Å²) in [6, 6.07) is 33.1. The van der Waals surface area contributed by atoms with Crippen molar-refractivity contribution in [2.45, 2.75) is 0 Å². The van der Waals surface area contributed by atoms with Gasteiger partial charge in [-0.15, -0.1) is 0 Å². The predicted octanol–water partition coefficient (Wildman–Crippen LogP) is 3.54. The number of anilines is 3. The van der Waals surface area contributed by atoms with Crippen molar-refractivity contribution in [1.29, 1.82) is 0 Å². The molecule has 5 aromatic rings. The zero-order chi connectivity index (χ0) is 19.8. The van der Waals surface area contributed by atoms with Crippen LogP contribution in [0.1, 0.15) is 0 Å². The second-order valence-electron chi connectivity index (χ2n) is 7.82. The van der Waals surface area contributed by atoms with Gasteiger partial charge < -0.3 is 4.90 Å². The van der Waals surface area contributed by atoms with Gasteiger partial charge in [0.15, 0.2) is 0 Å². The van der Waals surface area contributed by atoms with Crippen LogP contribution < -0.4 is 21.4 Å². The van der Waals surface area contributed by atoms with Crippen LogP contribution in [0, 0.1) is 0 Å². The zero-order valence-corrected chi connectivity index (χ0v) is 16.1. The van der Waals surface area contributed by atoms with Gasteiger partial charge in [-0.1, -0.05) is 54.6 Å². The van der Waals surface area contributed by atoms with Gasteiger partial charge in [0.2, 0.25) is 0 Å². The molecule has 0 radical (unpaired) electrons. The Hall–Kier alpha value is -3.99. The van der Waals surface area contributed by atoms with Crippen LogP contribution in [0.2, 0.25) is 0 Å². The van der Waals surface area contributed by atoms with Crippen molar-refractivity contribution >= 4 is 45.7 Å². The number of para-hydroxylation sites is 3. The number of fused-ring (bicyclic) bond motifs is 7. The first kappa shape index (κ1) is 15.9. The molecule has 0 bridgehead atoms. The van der Waals surface area contributed by atoms with E-state index in [0.29, 0.717) is 0 Å². The average molecular weight is 385 g/mol. The molecule has 140 valence electrons. The molecular weight excluding hydrogens is 369 g/mol. The van der Waals surface area contributed by atoms with Crippen molar-refractivity contribution in [1.82, 2.24) is 9.27 Å². The molecule has 0 saturated carbocycles. The number of benzene rings is 4. The average Bonchev–Trinajstić information content (AvgIpc) is 3.30. The topological polar surface area (TPSA) is 30.2 Å². The second-order valence-corrected chi connectivity index (χ2v) is 7.82. The van der Waals surface area contributed by atoms with E-state index in [0.717, 1.165) is 39.1 Å². The van der Waals surface area contributed by atoms with Gasteiger partial charge in [-0.3, -0.25) is 14.1 Å². The molecule has 0 amide bonds. The maximum atomic E-state index is 13.5. The number of hydrogen-bond acceptors (Lipinski definition) is 2. The Balaban J connectivity index is 1.65. The Kier molecular flexibility index (Phi) is 2.93. The minimum absolute atomic E-state index is 0.0562. The van der Waals surface area contributed by atoms with E-state index in [9.17, 15) is 4.79 Å². The van der Waals surface area contributed by atoms with Gasteiger partial charge in [0, 0.05) is 22.5 Å². The van der Waals surface area contributed by atoms with E-state index >= 15 is 0 Å². The Morgan fingerprint density at radius 2 is 1.33 bits per heavy atom. The van der Waals surface area contributed by atoms with Crippen molar-refractivity contribution in [2.75, 3.05) is 4.90 Å². The summed E-state index contributed by atoms with van der Waals surface area (Å²) in [4.78, 5) is 15.8. The van der Waals surface area contributed by atoms with Crippen molar-refractivity contribution in [2.24, 2.45) is 0 Å². The molecule has 0 aliphatic carbocycles. The highest BCUT2D eigenvalue weighted by atomic mass is 16.1. The fraction of sp³-hybridized carbons (Fsp3) is 0. The van der Waals surface area contributed by atoms with Crippen LogP contribution in [-0.4, -0.2) is 16.1 Å². The smallest absolute Gasteiger partial charge is 0.311 e. The van der Waals surface area contributed by atoms with E-state index in [1.54, 1.807) is 0 Å². The Bertz CT molecular complexity index is 1530. The molecule has 0 fully saturated rings. The summed E-state index contributed by atoms with van der Waals surface area (Å²) < 4.78 is 4.03. The standard InChI is InChI=1S/C25H16BN3O/c30-25-18-11-4-6-13-20(18)28-23-16-8-15-22-24(23)26(29(25)28)19-12-5-7-14-21(19)27(22)17-9-2-1-3-10-17/h1-16H. The second kappa shape index (κ2) is 5.54. The fourth-order valence-electron chi connectivity index (χ4n) is 5.17. The van der Waals surface area contributed by atoms with E-state index in [1.807, 2.05) is 34.9 Å². The maximum Gasteiger partial charge on any atom is 0.357 e. The summed E-state index contributed by atoms with van der Waals surface area (Å²) in [5, 5.41) is 0.761. The van der Waals surface area contributed by atoms with E-state index in [2.05, 4.69) is 76.3 Å². The molecular formula is C25H16BN3O. The fourth-order valence-corrected chi connectivity index (χ4v) is 5.17. The van der Waals surface area contributed by atoms with Crippen molar-refractivity contribution in [3.05, 3.63) is 107 Å². The third kappa shape index (κ3) is 1.80. The number of hydrogen-bond donors (Lipinski definition) is 0. The van der Waals surface area contributed by atoms with Gasteiger partial charge in [-0.2, -0.15) is 0 Å². The minimum atomic E-state index is -0.132. The van der Waals surface area contributed by atoms with E-state index in [1.165, 1.54) is 5.46 Å². The maximum absolute atomic E-state index is 13.5. The Morgan fingerprint density at radius 1 is 0.633 bits per heavy atom. The predicted molar refractivity (Wildman–Crippen MR) is 123 cm³/mol. The summed E-state index contributed by atoms with van der Waals surface area (Å²) in [7, 11) is 0. The minimum Gasteiger partial charge on any atom is -0.311 e. The lowest BCUT2D eigenvalue weighted by Crippen LogP contribution is -2.55. The summed E-state index contributed by atoms with van der Waals surface area (Å²) in [5.74, 6) is 0. The molecule has 0 atom stereocenters. The van der Waals surface area contributed by atoms with Crippen LogP contribution in [0.25, 0.3) is 16.6 Å². The molecule has 2 aliphatic rings. The molecule has 4 aromatic carbocycles. The van der Waals surface area contributed by atoms with Gasteiger partial charge in [-0.25, -0.2) is 0 Å². The highest BCUT2D eigenvalue weighted by Gasteiger charge is 2.44. The monoisotopic (exact) mass is 385 g/mol. The molecule has 7 rings (SSSR count). The first-order valence-electron chi connectivity index (χ1n) is 10.1. The van der Waals surface area contributed by atoms with Crippen molar-refractivity contribution < 1.29 is 0 Å². The summed E-state index contributed by atoms with van der Waals surface area (Å²) in [6.07, 6.45) is 0.